The lowest BCUT2D eigenvalue weighted by atomic mass is 10.0. The highest BCUT2D eigenvalue weighted by molar-refractivity contribution is 5.41. The van der Waals surface area contributed by atoms with Crippen molar-refractivity contribution in [1.29, 1.82) is 0 Å². The summed E-state index contributed by atoms with van der Waals surface area (Å²) in [6, 6.07) is 17.2. The molecule has 4 heteroatoms. The first-order valence-electron chi connectivity index (χ1n) is 7.17. The molecule has 0 amide bonds. The van der Waals surface area contributed by atoms with E-state index >= 15 is 0 Å². The summed E-state index contributed by atoms with van der Waals surface area (Å²) >= 11 is 0. The quantitative estimate of drug-likeness (QED) is 0.632. The van der Waals surface area contributed by atoms with Crippen molar-refractivity contribution in [1.82, 2.24) is 5.32 Å². The highest BCUT2D eigenvalue weighted by Crippen LogP contribution is 2.27. The predicted octanol–water partition coefficient (Wildman–Crippen LogP) is 4.40. The molecule has 0 spiro atoms. The minimum atomic E-state index is -0.322. The Morgan fingerprint density at radius 2 is 1.71 bits per heavy atom. The second kappa shape index (κ2) is 6.99. The molecule has 2 aromatic carbocycles. The first-order chi connectivity index (χ1) is 10.1. The average Bonchev–Trinajstić information content (AvgIpc) is 2.53. The maximum absolute atomic E-state index is 11.1. The number of benzene rings is 2. The van der Waals surface area contributed by atoms with Gasteiger partial charge in [-0.05, 0) is 18.9 Å². The molecule has 0 radical (unpaired) electrons. The average molecular weight is 284 g/mol. The van der Waals surface area contributed by atoms with Crippen LogP contribution in [0.25, 0.3) is 0 Å². The van der Waals surface area contributed by atoms with E-state index in [4.69, 9.17) is 0 Å². The van der Waals surface area contributed by atoms with Crippen LogP contribution < -0.4 is 5.32 Å². The fraction of sp³-hybridized carbons (Fsp3) is 0.294. The summed E-state index contributed by atoms with van der Waals surface area (Å²) in [7, 11) is 0. The molecule has 110 valence electrons. The van der Waals surface area contributed by atoms with Crippen LogP contribution in [-0.2, 0) is 0 Å². The van der Waals surface area contributed by atoms with Crippen LogP contribution in [0.2, 0.25) is 0 Å². The van der Waals surface area contributed by atoms with Crippen LogP contribution in [0.1, 0.15) is 43.5 Å². The molecule has 2 aromatic rings. The maximum atomic E-state index is 11.1. The predicted molar refractivity (Wildman–Crippen MR) is 84.1 cm³/mol. The van der Waals surface area contributed by atoms with Gasteiger partial charge in [-0.1, -0.05) is 55.5 Å². The van der Waals surface area contributed by atoms with Crippen molar-refractivity contribution in [3.8, 4) is 0 Å². The molecule has 0 aromatic heterocycles. The van der Waals surface area contributed by atoms with Crippen LogP contribution in [0.4, 0.5) is 5.69 Å². The van der Waals surface area contributed by atoms with Gasteiger partial charge in [0.15, 0.2) is 0 Å². The van der Waals surface area contributed by atoms with E-state index in [-0.39, 0.29) is 22.7 Å². The number of nitro benzene ring substituents is 1. The standard InChI is InChI=1S/C17H20N2O2/c1-3-16(14-9-5-4-6-10-14)18-13(2)15-11-7-8-12-17(15)19(20)21/h4-13,16,18H,3H2,1-2H3. The minimum absolute atomic E-state index is 0.0863. The summed E-state index contributed by atoms with van der Waals surface area (Å²) in [4.78, 5) is 10.8. The van der Waals surface area contributed by atoms with Crippen LogP contribution in [0.15, 0.2) is 54.6 Å². The fourth-order valence-corrected chi connectivity index (χ4v) is 2.55. The summed E-state index contributed by atoms with van der Waals surface area (Å²) in [5.41, 5.74) is 2.09. The summed E-state index contributed by atoms with van der Waals surface area (Å²) in [5, 5.41) is 14.6. The summed E-state index contributed by atoms with van der Waals surface area (Å²) in [6.45, 7) is 4.07. The van der Waals surface area contributed by atoms with Gasteiger partial charge >= 0.3 is 0 Å². The second-order valence-corrected chi connectivity index (χ2v) is 5.08. The van der Waals surface area contributed by atoms with Gasteiger partial charge in [-0.15, -0.1) is 0 Å². The van der Waals surface area contributed by atoms with E-state index in [0.717, 1.165) is 12.0 Å². The molecule has 0 fully saturated rings. The van der Waals surface area contributed by atoms with Crippen molar-refractivity contribution in [2.45, 2.75) is 32.4 Å². The number of nitrogens with zero attached hydrogens (tertiary/aromatic N) is 1. The molecule has 4 nitrogen and oxygen atoms in total. The Labute approximate surface area is 125 Å². The van der Waals surface area contributed by atoms with Crippen LogP contribution in [-0.4, -0.2) is 4.92 Å². The van der Waals surface area contributed by atoms with Crippen molar-refractivity contribution in [2.75, 3.05) is 0 Å². The lowest BCUT2D eigenvalue weighted by Crippen LogP contribution is -2.24. The van der Waals surface area contributed by atoms with Gasteiger partial charge in [0.05, 0.1) is 4.92 Å². The molecular formula is C17H20N2O2. The number of para-hydroxylation sites is 1. The molecule has 1 N–H and O–H groups in total. The monoisotopic (exact) mass is 284 g/mol. The van der Waals surface area contributed by atoms with Gasteiger partial charge in [-0.25, -0.2) is 0 Å². The normalized spacial score (nSPS) is 13.6. The second-order valence-electron chi connectivity index (χ2n) is 5.08. The van der Waals surface area contributed by atoms with Gasteiger partial charge in [0, 0.05) is 23.7 Å². The third-order valence-corrected chi connectivity index (χ3v) is 3.66. The van der Waals surface area contributed by atoms with Crippen LogP contribution in [0.5, 0.6) is 0 Å². The number of hydrogen-bond acceptors (Lipinski definition) is 3. The SMILES string of the molecule is CCC(NC(C)c1ccccc1[N+](=O)[O-])c1ccccc1. The van der Waals surface area contributed by atoms with Crippen LogP contribution >= 0.6 is 0 Å². The Morgan fingerprint density at radius 1 is 1.10 bits per heavy atom. The number of nitrogens with one attached hydrogen (secondary N) is 1. The molecule has 0 bridgehead atoms. The molecule has 21 heavy (non-hydrogen) atoms. The molecule has 0 heterocycles. The van der Waals surface area contributed by atoms with Gasteiger partial charge in [0.1, 0.15) is 0 Å². The first-order valence-corrected chi connectivity index (χ1v) is 7.17. The van der Waals surface area contributed by atoms with E-state index in [9.17, 15) is 10.1 Å². The highest BCUT2D eigenvalue weighted by atomic mass is 16.6. The van der Waals surface area contributed by atoms with Gasteiger partial charge < -0.3 is 5.32 Å². The zero-order valence-corrected chi connectivity index (χ0v) is 12.3. The van der Waals surface area contributed by atoms with Gasteiger partial charge in [-0.2, -0.15) is 0 Å². The fourth-order valence-electron chi connectivity index (χ4n) is 2.55. The van der Waals surface area contributed by atoms with E-state index in [1.54, 1.807) is 12.1 Å². The van der Waals surface area contributed by atoms with Crippen molar-refractivity contribution in [3.63, 3.8) is 0 Å². The van der Waals surface area contributed by atoms with E-state index in [0.29, 0.717) is 0 Å². The molecule has 0 saturated carbocycles. The first kappa shape index (κ1) is 15.2. The topological polar surface area (TPSA) is 55.2 Å². The van der Waals surface area contributed by atoms with E-state index in [1.807, 2.05) is 37.3 Å². The summed E-state index contributed by atoms with van der Waals surface area (Å²) < 4.78 is 0. The lowest BCUT2D eigenvalue weighted by Gasteiger charge is -2.23. The van der Waals surface area contributed by atoms with Crippen molar-refractivity contribution >= 4 is 5.69 Å². The van der Waals surface area contributed by atoms with E-state index in [1.165, 1.54) is 5.56 Å². The molecule has 2 unspecified atom stereocenters. The summed E-state index contributed by atoms with van der Waals surface area (Å²) in [5.74, 6) is 0. The van der Waals surface area contributed by atoms with Crippen LogP contribution in [0, 0.1) is 10.1 Å². The number of rotatable bonds is 6. The zero-order valence-electron chi connectivity index (χ0n) is 12.3. The van der Waals surface area contributed by atoms with Gasteiger partial charge in [0.2, 0.25) is 0 Å². The van der Waals surface area contributed by atoms with E-state index < -0.39 is 0 Å². The molecule has 0 aliphatic carbocycles. The Morgan fingerprint density at radius 3 is 2.33 bits per heavy atom. The largest absolute Gasteiger partial charge is 0.303 e. The van der Waals surface area contributed by atoms with Gasteiger partial charge in [-0.3, -0.25) is 10.1 Å². The maximum Gasteiger partial charge on any atom is 0.274 e. The number of nitro groups is 1. The zero-order chi connectivity index (χ0) is 15.2. The Kier molecular flexibility index (Phi) is 5.06. The van der Waals surface area contributed by atoms with Crippen LogP contribution in [0.3, 0.4) is 0 Å². The Hall–Kier alpha value is -2.20. The molecular weight excluding hydrogens is 264 g/mol. The summed E-state index contributed by atoms with van der Waals surface area (Å²) in [6.07, 6.45) is 0.926. The molecule has 0 saturated heterocycles. The Bertz CT molecular complexity index is 599. The Balaban J connectivity index is 2.21. The third-order valence-electron chi connectivity index (χ3n) is 3.66. The van der Waals surface area contributed by atoms with Crippen molar-refractivity contribution in [2.24, 2.45) is 0 Å². The van der Waals surface area contributed by atoms with Crippen molar-refractivity contribution < 1.29 is 4.92 Å². The minimum Gasteiger partial charge on any atom is -0.303 e. The van der Waals surface area contributed by atoms with E-state index in [2.05, 4.69) is 24.4 Å². The molecule has 0 aliphatic rings. The third kappa shape index (κ3) is 3.67. The molecule has 0 aliphatic heterocycles. The smallest absolute Gasteiger partial charge is 0.274 e. The number of hydrogen-bond donors (Lipinski definition) is 1. The lowest BCUT2D eigenvalue weighted by molar-refractivity contribution is -0.385. The van der Waals surface area contributed by atoms with Crippen molar-refractivity contribution in [3.05, 3.63) is 75.8 Å². The molecule has 2 rings (SSSR count). The van der Waals surface area contributed by atoms with Gasteiger partial charge in [0.25, 0.3) is 5.69 Å². The molecule has 2 atom stereocenters. The highest BCUT2D eigenvalue weighted by Gasteiger charge is 2.20.